The summed E-state index contributed by atoms with van der Waals surface area (Å²) < 4.78 is 0. The highest BCUT2D eigenvalue weighted by Gasteiger charge is 2.10. The lowest BCUT2D eigenvalue weighted by atomic mass is 10.2. The molecule has 1 aromatic rings. The third kappa shape index (κ3) is 4.20. The Balaban J connectivity index is 2.69. The van der Waals surface area contributed by atoms with Crippen LogP contribution in [0, 0.1) is 0 Å². The summed E-state index contributed by atoms with van der Waals surface area (Å²) in [5, 5.41) is 20.8. The summed E-state index contributed by atoms with van der Waals surface area (Å²) in [4.78, 5) is 14.6. The number of rotatable bonds is 6. The van der Waals surface area contributed by atoms with Gasteiger partial charge in [-0.15, -0.1) is 0 Å². The number of nitrogens with zero attached hydrogens (tertiary/aromatic N) is 1. The Bertz CT molecular complexity index is 398. The zero-order chi connectivity index (χ0) is 12.8. The number of nitrogens with one attached hydrogen (secondary N) is 1. The summed E-state index contributed by atoms with van der Waals surface area (Å²) in [6.07, 6.45) is 2.74. The molecule has 0 saturated carbocycles. The van der Waals surface area contributed by atoms with Gasteiger partial charge in [0.2, 0.25) is 0 Å². The van der Waals surface area contributed by atoms with Gasteiger partial charge in [0, 0.05) is 18.8 Å². The molecule has 3 N–H and O–H groups in total. The van der Waals surface area contributed by atoms with Gasteiger partial charge in [0.15, 0.2) is 0 Å². The van der Waals surface area contributed by atoms with Crippen LogP contribution in [0.2, 0.25) is 5.02 Å². The molecule has 0 aliphatic heterocycles. The molecule has 0 aliphatic rings. The fourth-order valence-electron chi connectivity index (χ4n) is 1.36. The lowest BCUT2D eigenvalue weighted by molar-refractivity contribution is 0.0696. The zero-order valence-electron chi connectivity index (χ0n) is 9.48. The van der Waals surface area contributed by atoms with Gasteiger partial charge in [-0.05, 0) is 25.8 Å². The second kappa shape index (κ2) is 6.42. The van der Waals surface area contributed by atoms with Crippen LogP contribution in [0.15, 0.2) is 12.3 Å². The highest BCUT2D eigenvalue weighted by Crippen LogP contribution is 2.21. The standard InChI is InChI=1S/C11H15ClN2O3/c1-7(3-2-4-15)14-10-9(12)5-8(6-13-10)11(16)17/h5-7,15H,2-4H2,1H3,(H,13,14)(H,16,17). The molecule has 0 spiro atoms. The van der Waals surface area contributed by atoms with Crippen molar-refractivity contribution in [1.29, 1.82) is 0 Å². The van der Waals surface area contributed by atoms with E-state index in [1.165, 1.54) is 12.3 Å². The van der Waals surface area contributed by atoms with Gasteiger partial charge in [-0.1, -0.05) is 11.6 Å². The number of halogens is 1. The first-order valence-electron chi connectivity index (χ1n) is 5.31. The molecule has 0 aliphatic carbocycles. The Hall–Kier alpha value is -1.33. The highest BCUT2D eigenvalue weighted by molar-refractivity contribution is 6.33. The Labute approximate surface area is 104 Å². The van der Waals surface area contributed by atoms with Crippen LogP contribution in [0.4, 0.5) is 5.82 Å². The maximum absolute atomic E-state index is 10.7. The van der Waals surface area contributed by atoms with Crippen LogP contribution in [0.5, 0.6) is 0 Å². The van der Waals surface area contributed by atoms with Crippen LogP contribution < -0.4 is 5.32 Å². The SMILES string of the molecule is CC(CCCO)Nc1ncc(C(=O)O)cc1Cl. The van der Waals surface area contributed by atoms with Crippen molar-refractivity contribution in [2.24, 2.45) is 0 Å². The van der Waals surface area contributed by atoms with E-state index in [4.69, 9.17) is 21.8 Å². The molecule has 1 aromatic heterocycles. The number of carboxylic acid groups (broad SMARTS) is 1. The number of carbonyl (C=O) groups is 1. The van der Waals surface area contributed by atoms with Gasteiger partial charge in [0.05, 0.1) is 10.6 Å². The zero-order valence-corrected chi connectivity index (χ0v) is 10.2. The second-order valence-electron chi connectivity index (χ2n) is 3.77. The van der Waals surface area contributed by atoms with Crippen molar-refractivity contribution in [2.45, 2.75) is 25.8 Å². The van der Waals surface area contributed by atoms with Crippen LogP contribution in [0.1, 0.15) is 30.1 Å². The van der Waals surface area contributed by atoms with Gasteiger partial charge in [0.1, 0.15) is 5.82 Å². The van der Waals surface area contributed by atoms with E-state index < -0.39 is 5.97 Å². The van der Waals surface area contributed by atoms with Crippen molar-refractivity contribution in [1.82, 2.24) is 4.98 Å². The minimum atomic E-state index is -1.06. The van der Waals surface area contributed by atoms with E-state index in [9.17, 15) is 4.79 Å². The van der Waals surface area contributed by atoms with E-state index in [1.807, 2.05) is 6.92 Å². The number of aromatic nitrogens is 1. The quantitative estimate of drug-likeness (QED) is 0.727. The molecule has 5 nitrogen and oxygen atoms in total. The van der Waals surface area contributed by atoms with Crippen molar-refractivity contribution in [3.63, 3.8) is 0 Å². The Morgan fingerprint density at radius 2 is 2.35 bits per heavy atom. The van der Waals surface area contributed by atoms with Crippen LogP contribution in [-0.2, 0) is 0 Å². The van der Waals surface area contributed by atoms with E-state index >= 15 is 0 Å². The molecule has 0 amide bonds. The Morgan fingerprint density at radius 1 is 1.65 bits per heavy atom. The Morgan fingerprint density at radius 3 is 2.88 bits per heavy atom. The minimum absolute atomic E-state index is 0.0589. The van der Waals surface area contributed by atoms with Gasteiger partial charge in [0.25, 0.3) is 0 Å². The molecule has 6 heteroatoms. The van der Waals surface area contributed by atoms with Gasteiger partial charge < -0.3 is 15.5 Å². The van der Waals surface area contributed by atoms with Gasteiger partial charge in [-0.3, -0.25) is 0 Å². The van der Waals surface area contributed by atoms with Gasteiger partial charge in [-0.25, -0.2) is 9.78 Å². The largest absolute Gasteiger partial charge is 0.478 e. The van der Waals surface area contributed by atoms with Crippen molar-refractivity contribution in [3.05, 3.63) is 22.8 Å². The van der Waals surface area contributed by atoms with Crippen LogP contribution >= 0.6 is 11.6 Å². The number of pyridine rings is 1. The smallest absolute Gasteiger partial charge is 0.337 e. The molecule has 0 saturated heterocycles. The predicted molar refractivity (Wildman–Crippen MR) is 65.6 cm³/mol. The summed E-state index contributed by atoms with van der Waals surface area (Å²) in [5.41, 5.74) is 0.0589. The summed E-state index contributed by atoms with van der Waals surface area (Å²) in [5.74, 6) is -0.596. The first-order valence-corrected chi connectivity index (χ1v) is 5.68. The molecule has 94 valence electrons. The normalized spacial score (nSPS) is 12.2. The Kier molecular flexibility index (Phi) is 5.18. The molecule has 0 radical (unpaired) electrons. The number of hydrogen-bond acceptors (Lipinski definition) is 4. The molecule has 1 atom stereocenters. The number of carboxylic acids is 1. The van der Waals surface area contributed by atoms with Crippen LogP contribution in [0.3, 0.4) is 0 Å². The number of anilines is 1. The number of aliphatic hydroxyl groups is 1. The van der Waals surface area contributed by atoms with E-state index in [2.05, 4.69) is 10.3 Å². The maximum Gasteiger partial charge on any atom is 0.337 e. The lowest BCUT2D eigenvalue weighted by Crippen LogP contribution is -2.17. The summed E-state index contributed by atoms with van der Waals surface area (Å²) in [7, 11) is 0. The van der Waals surface area contributed by atoms with E-state index in [1.54, 1.807) is 0 Å². The van der Waals surface area contributed by atoms with Crippen molar-refractivity contribution >= 4 is 23.4 Å². The predicted octanol–water partition coefficient (Wildman–Crippen LogP) is 2.01. The molecule has 1 rings (SSSR count). The third-order valence-corrected chi connectivity index (χ3v) is 2.55. The monoisotopic (exact) mass is 258 g/mol. The molecule has 0 fully saturated rings. The van der Waals surface area contributed by atoms with Crippen molar-refractivity contribution in [3.8, 4) is 0 Å². The van der Waals surface area contributed by atoms with E-state index in [-0.39, 0.29) is 23.2 Å². The molecular weight excluding hydrogens is 244 g/mol. The lowest BCUT2D eigenvalue weighted by Gasteiger charge is -2.14. The average Bonchev–Trinajstić information content (AvgIpc) is 2.28. The molecule has 0 bridgehead atoms. The minimum Gasteiger partial charge on any atom is -0.478 e. The number of hydrogen-bond donors (Lipinski definition) is 3. The average molecular weight is 259 g/mol. The van der Waals surface area contributed by atoms with Crippen LogP contribution in [0.25, 0.3) is 0 Å². The fraction of sp³-hybridized carbons (Fsp3) is 0.455. The number of aliphatic hydroxyl groups excluding tert-OH is 1. The molecule has 0 aromatic carbocycles. The van der Waals surface area contributed by atoms with E-state index in [0.29, 0.717) is 12.2 Å². The van der Waals surface area contributed by atoms with Gasteiger partial charge >= 0.3 is 5.97 Å². The van der Waals surface area contributed by atoms with E-state index in [0.717, 1.165) is 6.42 Å². The van der Waals surface area contributed by atoms with Crippen LogP contribution in [-0.4, -0.2) is 33.8 Å². The topological polar surface area (TPSA) is 82.5 Å². The third-order valence-electron chi connectivity index (χ3n) is 2.27. The second-order valence-corrected chi connectivity index (χ2v) is 4.18. The first kappa shape index (κ1) is 13.7. The molecule has 17 heavy (non-hydrogen) atoms. The first-order chi connectivity index (χ1) is 8.04. The van der Waals surface area contributed by atoms with Crippen molar-refractivity contribution < 1.29 is 15.0 Å². The maximum atomic E-state index is 10.7. The molecular formula is C11H15ClN2O3. The summed E-state index contributed by atoms with van der Waals surface area (Å²) >= 11 is 5.91. The van der Waals surface area contributed by atoms with Gasteiger partial charge in [-0.2, -0.15) is 0 Å². The fourth-order valence-corrected chi connectivity index (χ4v) is 1.59. The number of aromatic carboxylic acids is 1. The summed E-state index contributed by atoms with van der Waals surface area (Å²) in [6, 6.07) is 1.47. The molecule has 1 unspecified atom stereocenters. The molecule has 1 heterocycles. The highest BCUT2D eigenvalue weighted by atomic mass is 35.5. The van der Waals surface area contributed by atoms with Crippen molar-refractivity contribution in [2.75, 3.05) is 11.9 Å². The summed E-state index contributed by atoms with van der Waals surface area (Å²) in [6.45, 7) is 2.09.